The maximum atomic E-state index is 13.0. The molecule has 0 amide bonds. The first-order chi connectivity index (χ1) is 13.1. The predicted octanol–water partition coefficient (Wildman–Crippen LogP) is 6.98. The van der Waals surface area contributed by atoms with E-state index in [4.69, 9.17) is 4.74 Å². The average Bonchev–Trinajstić information content (AvgIpc) is 2.60. The first-order valence-corrected chi connectivity index (χ1v) is 9.48. The molecule has 2 rings (SSSR count). The van der Waals surface area contributed by atoms with Crippen LogP contribution in [0.2, 0.25) is 0 Å². The number of halogens is 6. The standard InChI is InChI=1S/C21H26F6O2/c1-13(29-12-18(3)5-7-19(4,8-6-18)14(2)28)15-9-16(20(22,23)24)11-17(10-15)21(25,26)27/h9-11,13H,5-8,12H2,1-4H3/t13-,18?,19?/m1/s1. The van der Waals surface area contributed by atoms with Crippen LogP contribution < -0.4 is 0 Å². The molecule has 0 bridgehead atoms. The highest BCUT2D eigenvalue weighted by molar-refractivity contribution is 5.81. The number of ether oxygens (including phenoxy) is 1. The second-order valence-electron chi connectivity index (χ2n) is 8.72. The molecule has 0 aliphatic heterocycles. The largest absolute Gasteiger partial charge is 0.416 e. The molecular weight excluding hydrogens is 398 g/mol. The molecular formula is C21H26F6O2. The van der Waals surface area contributed by atoms with Crippen molar-refractivity contribution < 1.29 is 35.9 Å². The molecule has 8 heteroatoms. The molecule has 164 valence electrons. The maximum Gasteiger partial charge on any atom is 0.416 e. The summed E-state index contributed by atoms with van der Waals surface area (Å²) in [5, 5.41) is 0. The zero-order valence-electron chi connectivity index (χ0n) is 16.9. The third-order valence-electron chi connectivity index (χ3n) is 6.17. The number of Topliss-reactive ketones (excluding diaryl/α,β-unsaturated/α-hetero) is 1. The lowest BCUT2D eigenvalue weighted by Crippen LogP contribution is -2.37. The molecule has 0 radical (unpaired) electrons. The Balaban J connectivity index is 2.15. The second kappa shape index (κ2) is 7.93. The van der Waals surface area contributed by atoms with Gasteiger partial charge in [0.1, 0.15) is 5.78 Å². The topological polar surface area (TPSA) is 26.3 Å². The molecule has 1 atom stereocenters. The van der Waals surface area contributed by atoms with E-state index >= 15 is 0 Å². The van der Waals surface area contributed by atoms with Gasteiger partial charge in [-0.3, -0.25) is 4.79 Å². The fourth-order valence-electron chi connectivity index (χ4n) is 3.54. The normalized spacial score (nSPS) is 27.0. The van der Waals surface area contributed by atoms with Crippen molar-refractivity contribution in [2.45, 2.75) is 71.8 Å². The molecule has 0 heterocycles. The number of carbonyl (C=O) groups is 1. The molecule has 1 aliphatic carbocycles. The lowest BCUT2D eigenvalue weighted by Gasteiger charge is -2.42. The summed E-state index contributed by atoms with van der Waals surface area (Å²) in [4.78, 5) is 11.8. The van der Waals surface area contributed by atoms with E-state index in [2.05, 4.69) is 0 Å². The van der Waals surface area contributed by atoms with E-state index in [1.165, 1.54) is 6.92 Å². The van der Waals surface area contributed by atoms with Gasteiger partial charge in [-0.2, -0.15) is 26.3 Å². The Morgan fingerprint density at radius 1 is 0.966 bits per heavy atom. The quantitative estimate of drug-likeness (QED) is 0.477. The van der Waals surface area contributed by atoms with Gasteiger partial charge in [0.15, 0.2) is 0 Å². The minimum absolute atomic E-state index is 0.112. The summed E-state index contributed by atoms with van der Waals surface area (Å²) >= 11 is 0. The summed E-state index contributed by atoms with van der Waals surface area (Å²) in [5.74, 6) is 0.123. The van der Waals surface area contributed by atoms with E-state index in [0.717, 1.165) is 0 Å². The lowest BCUT2D eigenvalue weighted by molar-refractivity contribution is -0.143. The summed E-state index contributed by atoms with van der Waals surface area (Å²) in [5.41, 5.74) is -3.52. The van der Waals surface area contributed by atoms with Crippen LogP contribution in [0.15, 0.2) is 18.2 Å². The summed E-state index contributed by atoms with van der Waals surface area (Å²) in [6.07, 6.45) is -7.95. The van der Waals surface area contributed by atoms with Crippen molar-refractivity contribution in [3.8, 4) is 0 Å². The summed E-state index contributed by atoms with van der Waals surface area (Å²) < 4.78 is 84.0. The zero-order chi connectivity index (χ0) is 22.3. The van der Waals surface area contributed by atoms with Gasteiger partial charge in [-0.15, -0.1) is 0 Å². The van der Waals surface area contributed by atoms with Crippen LogP contribution >= 0.6 is 0 Å². The van der Waals surface area contributed by atoms with Gasteiger partial charge in [0.2, 0.25) is 0 Å². The van der Waals surface area contributed by atoms with Gasteiger partial charge in [-0.25, -0.2) is 0 Å². The SMILES string of the molecule is CC(=O)C1(C)CCC(C)(CO[C@H](C)c2cc(C(F)(F)F)cc(C(F)(F)F)c2)CC1. The Morgan fingerprint density at radius 3 is 1.79 bits per heavy atom. The van der Waals surface area contributed by atoms with Crippen LogP contribution in [-0.2, 0) is 21.9 Å². The molecule has 1 fully saturated rings. The summed E-state index contributed by atoms with van der Waals surface area (Å²) in [6.45, 7) is 7.08. The fourth-order valence-corrected chi connectivity index (χ4v) is 3.54. The predicted molar refractivity (Wildman–Crippen MR) is 96.2 cm³/mol. The molecule has 1 aromatic rings. The van der Waals surface area contributed by atoms with Crippen molar-refractivity contribution in [3.63, 3.8) is 0 Å². The average molecular weight is 424 g/mol. The molecule has 0 N–H and O–H groups in total. The Morgan fingerprint density at radius 2 is 1.41 bits per heavy atom. The summed E-state index contributed by atoms with van der Waals surface area (Å²) in [6, 6.07) is 1.52. The van der Waals surface area contributed by atoms with Crippen molar-refractivity contribution in [3.05, 3.63) is 34.9 Å². The van der Waals surface area contributed by atoms with Crippen LogP contribution in [0.25, 0.3) is 0 Å². The van der Waals surface area contributed by atoms with Crippen LogP contribution in [0.5, 0.6) is 0 Å². The van der Waals surface area contributed by atoms with Crippen LogP contribution in [0, 0.1) is 10.8 Å². The van der Waals surface area contributed by atoms with Gasteiger partial charge in [-0.05, 0) is 68.7 Å². The number of ketones is 1. The molecule has 2 nitrogen and oxygen atoms in total. The van der Waals surface area contributed by atoms with Crippen molar-refractivity contribution in [1.29, 1.82) is 0 Å². The molecule has 1 aliphatic rings. The Hall–Kier alpha value is -1.57. The molecule has 0 aromatic heterocycles. The number of carbonyl (C=O) groups excluding carboxylic acids is 1. The molecule has 1 saturated carbocycles. The highest BCUT2D eigenvalue weighted by atomic mass is 19.4. The van der Waals surface area contributed by atoms with Crippen molar-refractivity contribution in [2.75, 3.05) is 6.61 Å². The highest BCUT2D eigenvalue weighted by Gasteiger charge is 2.41. The smallest absolute Gasteiger partial charge is 0.373 e. The van der Waals surface area contributed by atoms with Gasteiger partial charge >= 0.3 is 12.4 Å². The minimum atomic E-state index is -4.89. The lowest BCUT2D eigenvalue weighted by atomic mass is 9.64. The van der Waals surface area contributed by atoms with Crippen molar-refractivity contribution >= 4 is 5.78 Å². The fraction of sp³-hybridized carbons (Fsp3) is 0.667. The highest BCUT2D eigenvalue weighted by Crippen LogP contribution is 2.46. The molecule has 0 saturated heterocycles. The monoisotopic (exact) mass is 424 g/mol. The molecule has 1 aromatic carbocycles. The van der Waals surface area contributed by atoms with Crippen LogP contribution in [-0.4, -0.2) is 12.4 Å². The van der Waals surface area contributed by atoms with E-state index in [0.29, 0.717) is 37.8 Å². The minimum Gasteiger partial charge on any atom is -0.373 e. The van der Waals surface area contributed by atoms with Gasteiger partial charge in [0.05, 0.1) is 23.8 Å². The van der Waals surface area contributed by atoms with Gasteiger partial charge in [0.25, 0.3) is 0 Å². The van der Waals surface area contributed by atoms with Gasteiger partial charge in [-0.1, -0.05) is 13.8 Å². The van der Waals surface area contributed by atoms with Crippen LogP contribution in [0.1, 0.15) is 76.2 Å². The van der Waals surface area contributed by atoms with Crippen LogP contribution in [0.3, 0.4) is 0 Å². The number of benzene rings is 1. The van der Waals surface area contributed by atoms with E-state index < -0.39 is 29.6 Å². The van der Waals surface area contributed by atoms with Crippen molar-refractivity contribution in [1.82, 2.24) is 0 Å². The van der Waals surface area contributed by atoms with Crippen LogP contribution in [0.4, 0.5) is 26.3 Å². The van der Waals surface area contributed by atoms with Gasteiger partial charge < -0.3 is 4.74 Å². The van der Waals surface area contributed by atoms with Gasteiger partial charge in [0, 0.05) is 5.41 Å². The molecule has 0 spiro atoms. The first-order valence-electron chi connectivity index (χ1n) is 9.48. The Bertz CT molecular complexity index is 710. The van der Waals surface area contributed by atoms with E-state index in [9.17, 15) is 31.1 Å². The Labute approximate surface area is 166 Å². The van der Waals surface area contributed by atoms with E-state index in [-0.39, 0.29) is 34.8 Å². The zero-order valence-corrected chi connectivity index (χ0v) is 16.9. The third-order valence-corrected chi connectivity index (χ3v) is 6.17. The molecule has 0 unspecified atom stereocenters. The number of hydrogen-bond acceptors (Lipinski definition) is 2. The number of hydrogen-bond donors (Lipinski definition) is 0. The maximum absolute atomic E-state index is 13.0. The third kappa shape index (κ3) is 5.74. The Kier molecular flexibility index (Phi) is 6.48. The number of alkyl halides is 6. The van der Waals surface area contributed by atoms with E-state index in [1.54, 1.807) is 6.92 Å². The number of rotatable bonds is 5. The first kappa shape index (κ1) is 23.7. The van der Waals surface area contributed by atoms with Crippen molar-refractivity contribution in [2.24, 2.45) is 10.8 Å². The second-order valence-corrected chi connectivity index (χ2v) is 8.72. The molecule has 29 heavy (non-hydrogen) atoms. The van der Waals surface area contributed by atoms with E-state index in [1.807, 2.05) is 13.8 Å². The summed E-state index contributed by atoms with van der Waals surface area (Å²) in [7, 11) is 0.